The maximum absolute atomic E-state index is 13.5. The van der Waals surface area contributed by atoms with Crippen molar-refractivity contribution in [1.82, 2.24) is 0 Å². The molecule has 7 heteroatoms. The molecule has 0 aliphatic carbocycles. The maximum Gasteiger partial charge on any atom is 0.416 e. The van der Waals surface area contributed by atoms with Crippen molar-refractivity contribution < 1.29 is 22.3 Å². The first kappa shape index (κ1) is 15.2. The summed E-state index contributed by atoms with van der Waals surface area (Å²) < 4.78 is 56.8. The van der Waals surface area contributed by atoms with Gasteiger partial charge in [0.15, 0.2) is 11.6 Å². The minimum atomic E-state index is -4.53. The van der Waals surface area contributed by atoms with Gasteiger partial charge < -0.3 is 10.5 Å². The van der Waals surface area contributed by atoms with Gasteiger partial charge in [-0.2, -0.15) is 13.2 Å². The van der Waals surface area contributed by atoms with Crippen molar-refractivity contribution in [2.45, 2.75) is 6.18 Å². The first-order valence-corrected chi connectivity index (χ1v) is 6.13. The zero-order chi connectivity index (χ0) is 15.6. The Morgan fingerprint density at radius 2 is 1.71 bits per heavy atom. The van der Waals surface area contributed by atoms with Crippen molar-refractivity contribution in [1.29, 1.82) is 0 Å². The highest BCUT2D eigenvalue weighted by Crippen LogP contribution is 2.34. The molecule has 2 N–H and O–H groups in total. The van der Waals surface area contributed by atoms with Gasteiger partial charge in [0, 0.05) is 0 Å². The Balaban J connectivity index is 2.45. The van der Waals surface area contributed by atoms with Crippen LogP contribution < -0.4 is 10.5 Å². The van der Waals surface area contributed by atoms with Crippen LogP contribution >= 0.6 is 12.2 Å². The monoisotopic (exact) mass is 315 g/mol. The van der Waals surface area contributed by atoms with E-state index in [9.17, 15) is 17.6 Å². The van der Waals surface area contributed by atoms with Crippen LogP contribution in [0.1, 0.15) is 11.1 Å². The Hall–Kier alpha value is -2.15. The van der Waals surface area contributed by atoms with E-state index >= 15 is 0 Å². The summed E-state index contributed by atoms with van der Waals surface area (Å²) in [4.78, 5) is -0.271. The summed E-state index contributed by atoms with van der Waals surface area (Å²) in [5, 5.41) is 0. The van der Waals surface area contributed by atoms with Crippen LogP contribution in [0.4, 0.5) is 17.6 Å². The van der Waals surface area contributed by atoms with Crippen LogP contribution in [-0.2, 0) is 6.18 Å². The van der Waals surface area contributed by atoms with Gasteiger partial charge in [0.25, 0.3) is 0 Å². The fraction of sp³-hybridized carbons (Fsp3) is 0.0714. The lowest BCUT2D eigenvalue weighted by molar-refractivity contribution is -0.137. The van der Waals surface area contributed by atoms with Gasteiger partial charge in [-0.25, -0.2) is 4.39 Å². The normalized spacial score (nSPS) is 11.2. The average molecular weight is 315 g/mol. The number of para-hydroxylation sites is 1. The number of rotatable bonds is 3. The lowest BCUT2D eigenvalue weighted by Crippen LogP contribution is -2.14. The number of hydrogen-bond acceptors (Lipinski definition) is 2. The number of ether oxygens (including phenoxy) is 1. The molecule has 2 nitrogen and oxygen atoms in total. The largest absolute Gasteiger partial charge is 0.454 e. The molecule has 0 radical (unpaired) electrons. The quantitative estimate of drug-likeness (QED) is 0.678. The summed E-state index contributed by atoms with van der Waals surface area (Å²) >= 11 is 4.72. The molecule has 2 rings (SSSR count). The van der Waals surface area contributed by atoms with Crippen molar-refractivity contribution in [2.24, 2.45) is 5.73 Å². The van der Waals surface area contributed by atoms with E-state index in [4.69, 9.17) is 22.7 Å². The van der Waals surface area contributed by atoms with Gasteiger partial charge in [-0.3, -0.25) is 0 Å². The Morgan fingerprint density at radius 3 is 2.29 bits per heavy atom. The molecule has 0 aliphatic heterocycles. The molecule has 0 saturated carbocycles. The zero-order valence-electron chi connectivity index (χ0n) is 10.4. The summed E-state index contributed by atoms with van der Waals surface area (Å²) in [5.41, 5.74) is 4.39. The highest BCUT2D eigenvalue weighted by atomic mass is 32.1. The second kappa shape index (κ2) is 5.69. The number of benzene rings is 2. The van der Waals surface area contributed by atoms with Crippen molar-refractivity contribution >= 4 is 17.2 Å². The Morgan fingerprint density at radius 1 is 1.05 bits per heavy atom. The molecule has 0 bridgehead atoms. The third-order valence-electron chi connectivity index (χ3n) is 2.63. The number of nitrogens with two attached hydrogens (primary N) is 1. The van der Waals surface area contributed by atoms with E-state index in [0.29, 0.717) is 0 Å². The SMILES string of the molecule is NC(=S)c1cc(C(F)(F)F)ccc1Oc1ccccc1F. The molecular formula is C14H9F4NOS. The van der Waals surface area contributed by atoms with E-state index in [2.05, 4.69) is 0 Å². The van der Waals surface area contributed by atoms with Crippen LogP contribution in [0.2, 0.25) is 0 Å². The van der Waals surface area contributed by atoms with E-state index in [1.54, 1.807) is 0 Å². The minimum absolute atomic E-state index is 0.0411. The van der Waals surface area contributed by atoms with E-state index < -0.39 is 17.6 Å². The van der Waals surface area contributed by atoms with Gasteiger partial charge in [-0.1, -0.05) is 24.4 Å². The molecule has 0 atom stereocenters. The molecule has 0 aromatic heterocycles. The van der Waals surface area contributed by atoms with Gasteiger partial charge in [0.05, 0.1) is 11.1 Å². The van der Waals surface area contributed by atoms with Gasteiger partial charge in [-0.15, -0.1) is 0 Å². The minimum Gasteiger partial charge on any atom is -0.454 e. The van der Waals surface area contributed by atoms with E-state index in [1.165, 1.54) is 24.3 Å². The lowest BCUT2D eigenvalue weighted by Gasteiger charge is -2.14. The summed E-state index contributed by atoms with van der Waals surface area (Å²) in [6, 6.07) is 8.16. The third-order valence-corrected chi connectivity index (χ3v) is 2.85. The molecule has 0 saturated heterocycles. The van der Waals surface area contributed by atoms with Crippen LogP contribution in [0.3, 0.4) is 0 Å². The van der Waals surface area contributed by atoms with Gasteiger partial charge in [0.2, 0.25) is 0 Å². The van der Waals surface area contributed by atoms with Crippen LogP contribution in [0.25, 0.3) is 0 Å². The van der Waals surface area contributed by atoms with Crippen LogP contribution in [0.15, 0.2) is 42.5 Å². The fourth-order valence-electron chi connectivity index (χ4n) is 1.63. The number of thiocarbonyl (C=S) groups is 1. The molecular weight excluding hydrogens is 306 g/mol. The summed E-state index contributed by atoms with van der Waals surface area (Å²) in [6.45, 7) is 0. The first-order chi connectivity index (χ1) is 9.79. The standard InChI is InChI=1S/C14H9F4NOS/c15-10-3-1-2-4-12(10)20-11-6-5-8(14(16,17)18)7-9(11)13(19)21/h1-7H,(H2,19,21). The van der Waals surface area contributed by atoms with Crippen LogP contribution in [0, 0.1) is 5.82 Å². The molecule has 2 aromatic carbocycles. The summed E-state index contributed by atoms with van der Waals surface area (Å²) in [5.74, 6) is -0.818. The van der Waals surface area contributed by atoms with Gasteiger partial charge in [0.1, 0.15) is 10.7 Å². The maximum atomic E-state index is 13.5. The fourth-order valence-corrected chi connectivity index (χ4v) is 1.79. The highest BCUT2D eigenvalue weighted by molar-refractivity contribution is 7.80. The molecule has 0 fully saturated rings. The number of alkyl halides is 3. The molecule has 0 unspecified atom stereocenters. The zero-order valence-corrected chi connectivity index (χ0v) is 11.3. The molecule has 2 aromatic rings. The second-order valence-corrected chi connectivity index (χ2v) is 4.55. The van der Waals surface area contributed by atoms with Crippen LogP contribution in [-0.4, -0.2) is 4.99 Å². The molecule has 110 valence electrons. The van der Waals surface area contributed by atoms with Crippen LogP contribution in [0.5, 0.6) is 11.5 Å². The molecule has 21 heavy (non-hydrogen) atoms. The van der Waals surface area contributed by atoms with Gasteiger partial charge >= 0.3 is 6.18 Å². The first-order valence-electron chi connectivity index (χ1n) is 5.72. The average Bonchev–Trinajstić information content (AvgIpc) is 2.40. The second-order valence-electron chi connectivity index (χ2n) is 4.11. The third kappa shape index (κ3) is 3.49. The topological polar surface area (TPSA) is 35.2 Å². The smallest absolute Gasteiger partial charge is 0.416 e. The van der Waals surface area contributed by atoms with Crippen molar-refractivity contribution in [3.05, 3.63) is 59.4 Å². The molecule has 0 amide bonds. The Bertz CT molecular complexity index is 685. The van der Waals surface area contributed by atoms with Crippen molar-refractivity contribution in [3.8, 4) is 11.5 Å². The molecule has 0 aliphatic rings. The Kier molecular flexibility index (Phi) is 4.13. The Labute approximate surface area is 123 Å². The predicted molar refractivity (Wildman–Crippen MR) is 73.8 cm³/mol. The van der Waals surface area contributed by atoms with Crippen molar-refractivity contribution in [2.75, 3.05) is 0 Å². The molecule has 0 heterocycles. The summed E-state index contributed by atoms with van der Waals surface area (Å²) in [6.07, 6.45) is -4.53. The number of hydrogen-bond donors (Lipinski definition) is 1. The highest BCUT2D eigenvalue weighted by Gasteiger charge is 2.31. The lowest BCUT2D eigenvalue weighted by atomic mass is 10.1. The van der Waals surface area contributed by atoms with E-state index in [0.717, 1.165) is 18.2 Å². The van der Waals surface area contributed by atoms with Gasteiger partial charge in [-0.05, 0) is 30.3 Å². The van der Waals surface area contributed by atoms with E-state index in [1.807, 2.05) is 0 Å². The number of halogens is 4. The summed E-state index contributed by atoms with van der Waals surface area (Å²) in [7, 11) is 0. The van der Waals surface area contributed by atoms with E-state index in [-0.39, 0.29) is 22.1 Å². The molecule has 0 spiro atoms. The predicted octanol–water partition coefficient (Wildman–Crippen LogP) is 4.27. The van der Waals surface area contributed by atoms with Crippen molar-refractivity contribution in [3.63, 3.8) is 0 Å².